The average molecular weight is 727 g/mol. The summed E-state index contributed by atoms with van der Waals surface area (Å²) in [5, 5.41) is 15.7. The number of hydrogen-bond acceptors (Lipinski definition) is 15. The molecule has 21 heteroatoms. The van der Waals surface area contributed by atoms with Crippen LogP contribution >= 0.6 is 14.4 Å². The Morgan fingerprint density at radius 3 is 2.73 bits per heavy atom. The van der Waals surface area contributed by atoms with Gasteiger partial charge in [-0.25, -0.2) is 29.8 Å². The van der Waals surface area contributed by atoms with Crippen LogP contribution in [0.25, 0.3) is 22.2 Å². The van der Waals surface area contributed by atoms with Crippen LogP contribution < -0.4 is 11.1 Å². The zero-order valence-corrected chi connectivity index (χ0v) is 28.6. The molecule has 48 heavy (non-hydrogen) atoms. The van der Waals surface area contributed by atoms with Gasteiger partial charge in [0.15, 0.2) is 23.8 Å². The third-order valence-corrected chi connectivity index (χ3v) is 10.8. The summed E-state index contributed by atoms with van der Waals surface area (Å²) in [6.45, 7) is -1.88. The molecule has 4 aromatic rings. The summed E-state index contributed by atoms with van der Waals surface area (Å²) in [5.74, 6) is 0.993. The summed E-state index contributed by atoms with van der Waals surface area (Å²) in [5.41, 5.74) is 8.61. The Morgan fingerprint density at radius 2 is 1.90 bits per heavy atom. The summed E-state index contributed by atoms with van der Waals surface area (Å²) in [7, 11) is -3.28. The van der Waals surface area contributed by atoms with E-state index in [2.05, 4.69) is 52.8 Å². The van der Waals surface area contributed by atoms with Gasteiger partial charge in [-0.3, -0.25) is 4.57 Å². The number of nitrogens with zero attached hydrogens (tertiary/aromatic N) is 7. The van der Waals surface area contributed by atoms with Crippen molar-refractivity contribution in [3.8, 4) is 0 Å². The average Bonchev–Trinajstić information content (AvgIpc) is 3.67. The number of fused-ring (bicyclic) bond motifs is 1. The molecule has 7 N–H and O–H groups in total. The van der Waals surface area contributed by atoms with E-state index in [1.54, 1.807) is 6.33 Å². The number of nitrogens with one attached hydrogen (secondary N) is 1. The first kappa shape index (κ1) is 34.0. The minimum Gasteiger partial charge on any atom is -0.387 e. The maximum Gasteiger partial charge on any atom is 0.321 e. The Hall–Kier alpha value is -2.51. The van der Waals surface area contributed by atoms with Crippen molar-refractivity contribution < 1.29 is 43.0 Å². The Balaban J connectivity index is 1.02. The number of nitrogens with two attached hydrogens (primary N) is 1. The minimum atomic E-state index is -4.04. The van der Waals surface area contributed by atoms with Crippen molar-refractivity contribution >= 4 is 60.1 Å². The molecule has 0 spiro atoms. The number of hydrogen-bond donors (Lipinski definition) is 6. The fourth-order valence-electron chi connectivity index (χ4n) is 6.46. The standard InChI is InChI=1S/C27H37N9O9P2S/c1-46(38,14-41-9-16-5-2-6-18(43-16)35-8-15-4-3-7-29-24-19(15)25(35)32-12-31-24)45-22-21(37)17(10-42-47(39,40)48)44-27(22)36-13-34-20-23(28)30-11-33-26(20)36/h8,11-13,16-18,21-22,27,37-38H,2-7,9-10,14H2,1H3,(H4-,28,29,30,31,32,33,39,40,48)/p+1/t16-,17+,18+,21+,22+,27+,46?/m0/s1. The molecular formula is C27H38N9O9P2S+. The summed E-state index contributed by atoms with van der Waals surface area (Å²) in [6, 6.07) is 0. The predicted molar refractivity (Wildman–Crippen MR) is 177 cm³/mol. The van der Waals surface area contributed by atoms with Gasteiger partial charge in [-0.15, -0.1) is 0 Å². The van der Waals surface area contributed by atoms with Crippen LogP contribution in [0, 0.1) is 0 Å². The second kappa shape index (κ2) is 13.7. The maximum absolute atomic E-state index is 11.4. The molecule has 0 amide bonds. The van der Waals surface area contributed by atoms with Crippen LogP contribution in [0.3, 0.4) is 0 Å². The number of aryl methyl sites for hydroxylation is 1. The summed E-state index contributed by atoms with van der Waals surface area (Å²) in [6.07, 6.45) is 5.55. The molecule has 2 fully saturated rings. The number of aliphatic hydroxyl groups excluding tert-OH is 1. The highest BCUT2D eigenvalue weighted by molar-refractivity contribution is 8.06. The minimum absolute atomic E-state index is 0.144. The second-order valence-corrected chi connectivity index (χ2v) is 17.4. The van der Waals surface area contributed by atoms with Gasteiger partial charge >= 0.3 is 6.72 Å². The van der Waals surface area contributed by atoms with E-state index in [1.807, 2.05) is 0 Å². The predicted octanol–water partition coefficient (Wildman–Crippen LogP) is 1.59. The molecular weight excluding hydrogens is 688 g/mol. The van der Waals surface area contributed by atoms with Crippen LogP contribution in [0.4, 0.5) is 11.6 Å². The molecule has 1 unspecified atom stereocenters. The Labute approximate surface area is 280 Å². The van der Waals surface area contributed by atoms with E-state index in [-0.39, 0.29) is 31.1 Å². The lowest BCUT2D eigenvalue weighted by Gasteiger charge is -2.31. The van der Waals surface area contributed by atoms with Crippen molar-refractivity contribution in [3.05, 3.63) is 30.7 Å². The van der Waals surface area contributed by atoms with Gasteiger partial charge in [0, 0.05) is 12.7 Å². The van der Waals surface area contributed by atoms with Crippen LogP contribution in [-0.2, 0) is 41.5 Å². The molecule has 0 bridgehead atoms. The first-order valence-corrected chi connectivity index (χ1v) is 20.4. The first-order chi connectivity index (χ1) is 23.0. The molecule has 4 aromatic heterocycles. The van der Waals surface area contributed by atoms with E-state index >= 15 is 0 Å². The molecule has 7 heterocycles. The van der Waals surface area contributed by atoms with E-state index in [0.29, 0.717) is 11.2 Å². The Morgan fingerprint density at radius 1 is 1.08 bits per heavy atom. The van der Waals surface area contributed by atoms with Gasteiger partial charge in [-0.1, -0.05) is 0 Å². The first-order valence-electron chi connectivity index (χ1n) is 15.5. The van der Waals surface area contributed by atoms with Gasteiger partial charge in [0.2, 0.25) is 6.35 Å². The largest absolute Gasteiger partial charge is 0.387 e. The fourth-order valence-corrected chi connectivity index (χ4v) is 8.24. The van der Waals surface area contributed by atoms with Crippen molar-refractivity contribution in [2.24, 2.45) is 0 Å². The Kier molecular flexibility index (Phi) is 9.66. The summed E-state index contributed by atoms with van der Waals surface area (Å²) in [4.78, 5) is 52.0. The zero-order valence-electron chi connectivity index (χ0n) is 26.0. The number of ether oxygens (including phenoxy) is 3. The molecule has 3 aliphatic rings. The van der Waals surface area contributed by atoms with Crippen LogP contribution in [0.2, 0.25) is 0 Å². The van der Waals surface area contributed by atoms with E-state index in [1.165, 1.54) is 29.5 Å². The normalized spacial score (nSPS) is 27.6. The van der Waals surface area contributed by atoms with Crippen molar-refractivity contribution in [1.82, 2.24) is 34.1 Å². The SMILES string of the molecule is C[P+](O)(COC[C@@H]1CCC[C@H](n2cc3c4c(ncnc42)NCCC3)O1)O[C@@H]1[C@H](O)[C@@H](COP(O)(O)=S)O[C@H]1n1cnc2c(N)ncnc21. The number of rotatable bonds is 11. The molecule has 2 saturated heterocycles. The summed E-state index contributed by atoms with van der Waals surface area (Å²) >= 11 is 4.55. The number of imidazole rings is 1. The highest BCUT2D eigenvalue weighted by atomic mass is 32.5. The van der Waals surface area contributed by atoms with Gasteiger partial charge in [0.05, 0.1) is 31.0 Å². The number of anilines is 2. The van der Waals surface area contributed by atoms with Gasteiger partial charge in [0.25, 0.3) is 7.72 Å². The monoisotopic (exact) mass is 726 g/mol. The molecule has 0 radical (unpaired) electrons. The molecule has 260 valence electrons. The highest BCUT2D eigenvalue weighted by Crippen LogP contribution is 2.56. The van der Waals surface area contributed by atoms with Crippen molar-refractivity contribution in [3.63, 3.8) is 0 Å². The van der Waals surface area contributed by atoms with Crippen LogP contribution in [-0.4, -0.2) is 111 Å². The molecule has 3 aliphatic heterocycles. The maximum atomic E-state index is 11.4. The summed E-state index contributed by atoms with van der Waals surface area (Å²) < 4.78 is 33.2. The van der Waals surface area contributed by atoms with E-state index in [4.69, 9.17) is 29.0 Å². The van der Waals surface area contributed by atoms with Gasteiger partial charge in [-0.05, 0) is 49.5 Å². The van der Waals surface area contributed by atoms with E-state index < -0.39 is 45.6 Å². The fraction of sp³-hybridized carbons (Fsp3) is 0.593. The quantitative estimate of drug-likeness (QED) is 0.120. The van der Waals surface area contributed by atoms with Gasteiger partial charge in [-0.2, -0.15) is 4.52 Å². The molecule has 0 aliphatic carbocycles. The van der Waals surface area contributed by atoms with Gasteiger partial charge < -0.3 is 49.2 Å². The zero-order chi connectivity index (χ0) is 33.6. The Bertz CT molecular complexity index is 1820. The van der Waals surface area contributed by atoms with Crippen molar-refractivity contribution in [2.45, 2.75) is 69.0 Å². The second-order valence-electron chi connectivity index (χ2n) is 12.2. The molecule has 7 rings (SSSR count). The third-order valence-electron chi connectivity index (χ3n) is 8.60. The van der Waals surface area contributed by atoms with Crippen LogP contribution in [0.15, 0.2) is 25.2 Å². The lowest BCUT2D eigenvalue weighted by atomic mass is 10.1. The van der Waals surface area contributed by atoms with Crippen LogP contribution in [0.5, 0.6) is 0 Å². The molecule has 18 nitrogen and oxygen atoms in total. The number of nitrogen functional groups attached to an aromatic ring is 1. The van der Waals surface area contributed by atoms with Gasteiger partial charge in [0.1, 0.15) is 54.7 Å². The molecule has 7 atom stereocenters. The lowest BCUT2D eigenvalue weighted by molar-refractivity contribution is -0.113. The van der Waals surface area contributed by atoms with E-state index in [0.717, 1.165) is 55.5 Å². The van der Waals surface area contributed by atoms with E-state index in [9.17, 15) is 19.8 Å². The number of aliphatic hydroxyl groups is 1. The third kappa shape index (κ3) is 7.06. The lowest BCUT2D eigenvalue weighted by Crippen LogP contribution is -2.36. The topological polar surface area (TPSA) is 239 Å². The van der Waals surface area contributed by atoms with Crippen LogP contribution in [0.1, 0.15) is 43.7 Å². The molecule has 0 aromatic carbocycles. The van der Waals surface area contributed by atoms with Crippen molar-refractivity contribution in [2.75, 3.05) is 43.8 Å². The smallest absolute Gasteiger partial charge is 0.321 e. The highest BCUT2D eigenvalue weighted by Gasteiger charge is 2.52. The van der Waals surface area contributed by atoms with Crippen molar-refractivity contribution in [1.29, 1.82) is 0 Å². The molecule has 0 saturated carbocycles. The number of aromatic nitrogens is 7.